The minimum Gasteiger partial charge on any atom is -0.492 e. The lowest BCUT2D eigenvalue weighted by Gasteiger charge is -2.10. The number of carbonyl (C=O) groups is 1. The Morgan fingerprint density at radius 3 is 2.80 bits per heavy atom. The number of amides is 1. The van der Waals surface area contributed by atoms with Crippen LogP contribution in [0.15, 0.2) is 48.7 Å². The van der Waals surface area contributed by atoms with Crippen molar-refractivity contribution in [1.82, 2.24) is 15.2 Å². The van der Waals surface area contributed by atoms with Crippen molar-refractivity contribution >= 4 is 22.4 Å². The number of para-hydroxylation sites is 1. The number of carbonyl (C=O) groups excluding carboxylic acids is 1. The Balaban J connectivity index is 1.48. The Bertz CT molecular complexity index is 878. The minimum atomic E-state index is -0.255. The van der Waals surface area contributed by atoms with E-state index in [1.807, 2.05) is 36.4 Å². The van der Waals surface area contributed by atoms with E-state index in [-0.39, 0.29) is 5.91 Å². The van der Waals surface area contributed by atoms with Gasteiger partial charge in [0, 0.05) is 6.20 Å². The number of ether oxygens (including phenoxy) is 1. The van der Waals surface area contributed by atoms with Crippen molar-refractivity contribution in [2.75, 3.05) is 11.9 Å². The van der Waals surface area contributed by atoms with Crippen LogP contribution in [0.1, 0.15) is 23.2 Å². The molecule has 0 unspecified atom stereocenters. The first kappa shape index (κ1) is 15.7. The molecule has 2 aromatic heterocycles. The molecule has 4 rings (SSSR count). The van der Waals surface area contributed by atoms with E-state index in [1.54, 1.807) is 12.3 Å². The molecule has 1 N–H and O–H groups in total. The maximum atomic E-state index is 12.6. The number of benzene rings is 1. The molecule has 7 heteroatoms. The molecule has 25 heavy (non-hydrogen) atoms. The van der Waals surface area contributed by atoms with Crippen LogP contribution in [0.5, 0.6) is 5.75 Å². The summed E-state index contributed by atoms with van der Waals surface area (Å²) in [5.74, 6) is 0.969. The summed E-state index contributed by atoms with van der Waals surface area (Å²) in [5, 5.41) is 12.0. The summed E-state index contributed by atoms with van der Waals surface area (Å²) in [6.45, 7) is 0.660. The lowest BCUT2D eigenvalue weighted by molar-refractivity contribution is 0.102. The number of hydrogen-bond donors (Lipinski definition) is 1. The van der Waals surface area contributed by atoms with Crippen molar-refractivity contribution in [1.29, 1.82) is 0 Å². The first-order valence-corrected chi connectivity index (χ1v) is 8.89. The summed E-state index contributed by atoms with van der Waals surface area (Å²) < 4.78 is 5.79. The molecule has 3 aromatic rings. The predicted molar refractivity (Wildman–Crippen MR) is 95.8 cm³/mol. The summed E-state index contributed by atoms with van der Waals surface area (Å²) in [6.07, 6.45) is 4.10. The zero-order valence-corrected chi connectivity index (χ0v) is 14.2. The maximum Gasteiger partial charge on any atom is 0.261 e. The van der Waals surface area contributed by atoms with E-state index < -0.39 is 0 Å². The summed E-state index contributed by atoms with van der Waals surface area (Å²) in [5.41, 5.74) is 1.23. The van der Waals surface area contributed by atoms with Gasteiger partial charge in [0.25, 0.3) is 5.91 Å². The molecule has 2 heterocycles. The average Bonchev–Trinajstić information content (AvgIpc) is 3.38. The second kappa shape index (κ2) is 6.98. The van der Waals surface area contributed by atoms with Gasteiger partial charge in [-0.1, -0.05) is 29.5 Å². The highest BCUT2D eigenvalue weighted by atomic mass is 32.1. The Morgan fingerprint density at radius 1 is 1.16 bits per heavy atom. The molecular formula is C18H16N4O2S. The number of pyridine rings is 1. The van der Waals surface area contributed by atoms with Crippen LogP contribution >= 0.6 is 11.3 Å². The third-order valence-corrected chi connectivity index (χ3v) is 4.69. The number of anilines is 1. The maximum absolute atomic E-state index is 12.6. The molecule has 126 valence electrons. The highest BCUT2D eigenvalue weighted by Gasteiger charge is 2.23. The highest BCUT2D eigenvalue weighted by Crippen LogP contribution is 2.31. The molecule has 0 aliphatic heterocycles. The van der Waals surface area contributed by atoms with Gasteiger partial charge in [-0.05, 0) is 43.0 Å². The highest BCUT2D eigenvalue weighted by molar-refractivity contribution is 7.18. The van der Waals surface area contributed by atoms with E-state index in [0.29, 0.717) is 34.0 Å². The zero-order valence-electron chi connectivity index (χ0n) is 13.4. The largest absolute Gasteiger partial charge is 0.492 e. The molecule has 0 spiro atoms. The van der Waals surface area contributed by atoms with Gasteiger partial charge < -0.3 is 4.74 Å². The molecule has 1 saturated carbocycles. The van der Waals surface area contributed by atoms with E-state index >= 15 is 0 Å². The Kier molecular flexibility index (Phi) is 4.39. The van der Waals surface area contributed by atoms with Gasteiger partial charge >= 0.3 is 0 Å². The second-order valence-corrected chi connectivity index (χ2v) is 6.81. The van der Waals surface area contributed by atoms with E-state index in [9.17, 15) is 4.79 Å². The topological polar surface area (TPSA) is 77.0 Å². The second-order valence-electron chi connectivity index (χ2n) is 5.83. The van der Waals surface area contributed by atoms with Crippen LogP contribution < -0.4 is 10.1 Å². The van der Waals surface area contributed by atoms with Crippen LogP contribution in [-0.2, 0) is 0 Å². The van der Waals surface area contributed by atoms with Gasteiger partial charge in [0.2, 0.25) is 5.13 Å². The van der Waals surface area contributed by atoms with Crippen molar-refractivity contribution in [3.05, 3.63) is 54.2 Å². The lowest BCUT2D eigenvalue weighted by atomic mass is 10.2. The molecule has 6 nitrogen and oxygen atoms in total. The van der Waals surface area contributed by atoms with Crippen LogP contribution in [0.2, 0.25) is 0 Å². The smallest absolute Gasteiger partial charge is 0.261 e. The van der Waals surface area contributed by atoms with Gasteiger partial charge in [-0.2, -0.15) is 0 Å². The average molecular weight is 352 g/mol. The molecule has 0 radical (unpaired) electrons. The van der Waals surface area contributed by atoms with Crippen molar-refractivity contribution in [2.45, 2.75) is 12.8 Å². The predicted octanol–water partition coefficient (Wildman–Crippen LogP) is 3.64. The van der Waals surface area contributed by atoms with Crippen LogP contribution in [0.25, 0.3) is 10.7 Å². The monoisotopic (exact) mass is 352 g/mol. The summed E-state index contributed by atoms with van der Waals surface area (Å²) in [6, 6.07) is 12.8. The van der Waals surface area contributed by atoms with E-state index in [2.05, 4.69) is 20.5 Å². The normalized spacial score (nSPS) is 13.4. The van der Waals surface area contributed by atoms with Crippen LogP contribution in [-0.4, -0.2) is 27.7 Å². The Hall–Kier alpha value is -2.80. The molecule has 1 aliphatic rings. The molecule has 0 atom stereocenters. The third-order valence-electron chi connectivity index (χ3n) is 3.83. The zero-order chi connectivity index (χ0) is 17.1. The fourth-order valence-corrected chi connectivity index (χ4v) is 3.02. The fraction of sp³-hybridized carbons (Fsp3) is 0.222. The van der Waals surface area contributed by atoms with Gasteiger partial charge in [-0.25, -0.2) is 0 Å². The van der Waals surface area contributed by atoms with E-state index in [0.717, 1.165) is 5.69 Å². The first-order valence-electron chi connectivity index (χ1n) is 8.07. The van der Waals surface area contributed by atoms with Gasteiger partial charge in [0.1, 0.15) is 11.4 Å². The number of hydrogen-bond acceptors (Lipinski definition) is 6. The fourth-order valence-electron chi connectivity index (χ4n) is 2.30. The Labute approximate surface area is 148 Å². The summed E-state index contributed by atoms with van der Waals surface area (Å²) in [4.78, 5) is 16.8. The van der Waals surface area contributed by atoms with Crippen LogP contribution in [0, 0.1) is 5.92 Å². The first-order chi connectivity index (χ1) is 12.3. The quantitative estimate of drug-likeness (QED) is 0.733. The summed E-state index contributed by atoms with van der Waals surface area (Å²) >= 11 is 1.29. The number of nitrogens with zero attached hydrogens (tertiary/aromatic N) is 3. The molecular weight excluding hydrogens is 336 g/mol. The molecule has 0 bridgehead atoms. The molecule has 1 aliphatic carbocycles. The molecule has 1 fully saturated rings. The molecule has 0 saturated heterocycles. The van der Waals surface area contributed by atoms with Gasteiger partial charge in [-0.3, -0.25) is 15.1 Å². The lowest BCUT2D eigenvalue weighted by Crippen LogP contribution is -2.14. The van der Waals surface area contributed by atoms with Crippen molar-refractivity contribution < 1.29 is 9.53 Å². The summed E-state index contributed by atoms with van der Waals surface area (Å²) in [7, 11) is 0. The van der Waals surface area contributed by atoms with E-state index in [1.165, 1.54) is 24.2 Å². The van der Waals surface area contributed by atoms with Gasteiger partial charge in [-0.15, -0.1) is 10.2 Å². The van der Waals surface area contributed by atoms with Crippen molar-refractivity contribution in [2.24, 2.45) is 5.92 Å². The van der Waals surface area contributed by atoms with Crippen LogP contribution in [0.3, 0.4) is 0 Å². The standard InChI is InChI=1S/C18H16N4O2S/c23-16(13-5-1-2-7-15(13)24-11-12-8-9-12)20-18-22-21-17(25-18)14-6-3-4-10-19-14/h1-7,10,12H,8-9,11H2,(H,20,22,23). The molecule has 1 amide bonds. The van der Waals surface area contributed by atoms with Gasteiger partial charge in [0.05, 0.1) is 12.2 Å². The SMILES string of the molecule is O=C(Nc1nnc(-c2ccccn2)s1)c1ccccc1OCC1CC1. The molecule has 1 aromatic carbocycles. The van der Waals surface area contributed by atoms with Crippen molar-refractivity contribution in [3.8, 4) is 16.5 Å². The Morgan fingerprint density at radius 2 is 2.00 bits per heavy atom. The number of nitrogens with one attached hydrogen (secondary N) is 1. The third kappa shape index (κ3) is 3.83. The van der Waals surface area contributed by atoms with Crippen LogP contribution in [0.4, 0.5) is 5.13 Å². The van der Waals surface area contributed by atoms with Gasteiger partial charge in [0.15, 0.2) is 5.01 Å². The van der Waals surface area contributed by atoms with Crippen molar-refractivity contribution in [3.63, 3.8) is 0 Å². The number of aromatic nitrogens is 3. The minimum absolute atomic E-state index is 0.255. The number of rotatable bonds is 6. The van der Waals surface area contributed by atoms with E-state index in [4.69, 9.17) is 4.74 Å².